The third-order valence-corrected chi connectivity index (χ3v) is 3.53. The Morgan fingerprint density at radius 1 is 1.17 bits per heavy atom. The SMILES string of the molecule is Cc1ccc(-c2cc(C(=O)O)n(-c3ccccc3C#N)n2)cc1. The fraction of sp³-hybridized carbons (Fsp3) is 0.0556. The van der Waals surface area contributed by atoms with Gasteiger partial charge in [-0.25, -0.2) is 9.48 Å². The largest absolute Gasteiger partial charge is 0.477 e. The number of aryl methyl sites for hydroxylation is 1. The third kappa shape index (κ3) is 2.70. The summed E-state index contributed by atoms with van der Waals surface area (Å²) in [4.78, 5) is 11.5. The molecule has 112 valence electrons. The van der Waals surface area contributed by atoms with Crippen LogP contribution in [0.15, 0.2) is 54.6 Å². The van der Waals surface area contributed by atoms with Crippen LogP contribution >= 0.6 is 0 Å². The van der Waals surface area contributed by atoms with Crippen molar-refractivity contribution < 1.29 is 9.90 Å². The zero-order valence-corrected chi connectivity index (χ0v) is 12.4. The minimum absolute atomic E-state index is 0.0169. The lowest BCUT2D eigenvalue weighted by atomic mass is 10.1. The van der Waals surface area contributed by atoms with Crippen molar-refractivity contribution in [1.82, 2.24) is 9.78 Å². The van der Waals surface area contributed by atoms with Crippen molar-refractivity contribution >= 4 is 5.97 Å². The molecule has 0 aliphatic carbocycles. The number of aromatic nitrogens is 2. The number of carboxylic acids is 1. The first-order valence-electron chi connectivity index (χ1n) is 7.00. The van der Waals surface area contributed by atoms with Gasteiger partial charge in [0.05, 0.1) is 16.9 Å². The van der Waals surface area contributed by atoms with E-state index in [-0.39, 0.29) is 5.69 Å². The molecule has 3 rings (SSSR count). The highest BCUT2D eigenvalue weighted by atomic mass is 16.4. The van der Waals surface area contributed by atoms with Gasteiger partial charge in [0.1, 0.15) is 6.07 Å². The Hall–Kier alpha value is -3.39. The number of carboxylic acid groups (broad SMARTS) is 1. The third-order valence-electron chi connectivity index (χ3n) is 3.53. The standard InChI is InChI=1S/C18H13N3O2/c1-12-6-8-13(9-7-12)15-10-17(18(22)23)21(20-15)16-5-3-2-4-14(16)11-19/h2-10H,1H3,(H,22,23). The van der Waals surface area contributed by atoms with Gasteiger partial charge in [0.25, 0.3) is 0 Å². The molecule has 0 bridgehead atoms. The van der Waals surface area contributed by atoms with E-state index < -0.39 is 5.97 Å². The highest BCUT2D eigenvalue weighted by Gasteiger charge is 2.18. The lowest BCUT2D eigenvalue weighted by Gasteiger charge is -2.06. The van der Waals surface area contributed by atoms with E-state index >= 15 is 0 Å². The molecule has 0 saturated carbocycles. The first-order chi connectivity index (χ1) is 11.1. The highest BCUT2D eigenvalue weighted by Crippen LogP contribution is 2.23. The van der Waals surface area contributed by atoms with Gasteiger partial charge in [-0.2, -0.15) is 10.4 Å². The van der Waals surface area contributed by atoms with Gasteiger partial charge in [-0.15, -0.1) is 0 Å². The summed E-state index contributed by atoms with van der Waals surface area (Å²) >= 11 is 0. The molecule has 3 aromatic rings. The van der Waals surface area contributed by atoms with Gasteiger partial charge in [-0.05, 0) is 25.1 Å². The predicted molar refractivity (Wildman–Crippen MR) is 85.4 cm³/mol. The van der Waals surface area contributed by atoms with Crippen molar-refractivity contribution in [2.75, 3.05) is 0 Å². The minimum Gasteiger partial charge on any atom is -0.477 e. The van der Waals surface area contributed by atoms with Crippen LogP contribution in [0.4, 0.5) is 0 Å². The molecule has 0 unspecified atom stereocenters. The summed E-state index contributed by atoms with van der Waals surface area (Å²) < 4.78 is 1.30. The topological polar surface area (TPSA) is 78.9 Å². The Labute approximate surface area is 133 Å². The molecule has 0 aliphatic rings. The van der Waals surface area contributed by atoms with Gasteiger partial charge in [-0.3, -0.25) is 0 Å². The molecular formula is C18H13N3O2. The highest BCUT2D eigenvalue weighted by molar-refractivity contribution is 5.88. The molecule has 0 fully saturated rings. The smallest absolute Gasteiger partial charge is 0.354 e. The molecule has 1 N–H and O–H groups in total. The van der Waals surface area contributed by atoms with Crippen LogP contribution in [0.3, 0.4) is 0 Å². The molecule has 1 aromatic heterocycles. The molecule has 0 saturated heterocycles. The number of hydrogen-bond acceptors (Lipinski definition) is 3. The molecular weight excluding hydrogens is 290 g/mol. The number of benzene rings is 2. The van der Waals surface area contributed by atoms with Crippen LogP contribution < -0.4 is 0 Å². The van der Waals surface area contributed by atoms with Gasteiger partial charge >= 0.3 is 5.97 Å². The lowest BCUT2D eigenvalue weighted by Crippen LogP contribution is -2.09. The maximum atomic E-state index is 11.5. The number of hydrogen-bond donors (Lipinski definition) is 1. The van der Waals surface area contributed by atoms with Crippen molar-refractivity contribution in [1.29, 1.82) is 5.26 Å². The van der Waals surface area contributed by atoms with Gasteiger partial charge in [0, 0.05) is 5.56 Å². The molecule has 0 atom stereocenters. The fourth-order valence-corrected chi connectivity index (χ4v) is 2.34. The number of aromatic carboxylic acids is 1. The monoisotopic (exact) mass is 303 g/mol. The number of nitriles is 1. The predicted octanol–water partition coefficient (Wildman–Crippen LogP) is 3.42. The Kier molecular flexibility index (Phi) is 3.65. The molecule has 1 heterocycles. The summed E-state index contributed by atoms with van der Waals surface area (Å²) in [7, 11) is 0. The number of nitrogens with zero attached hydrogens (tertiary/aromatic N) is 3. The van der Waals surface area contributed by atoms with Crippen LogP contribution in [0.25, 0.3) is 16.9 Å². The Bertz CT molecular complexity index is 918. The van der Waals surface area contributed by atoms with Crippen molar-refractivity contribution in [3.8, 4) is 23.0 Å². The summed E-state index contributed by atoms with van der Waals surface area (Å²) in [6, 6.07) is 18.0. The second kappa shape index (κ2) is 5.78. The molecule has 23 heavy (non-hydrogen) atoms. The minimum atomic E-state index is -1.09. The van der Waals surface area contributed by atoms with E-state index in [1.54, 1.807) is 24.3 Å². The van der Waals surface area contributed by atoms with E-state index in [2.05, 4.69) is 11.2 Å². The summed E-state index contributed by atoms with van der Waals surface area (Å²) in [5.74, 6) is -1.09. The summed E-state index contributed by atoms with van der Waals surface area (Å²) in [6.07, 6.45) is 0. The number of para-hydroxylation sites is 1. The van der Waals surface area contributed by atoms with Crippen LogP contribution in [0.2, 0.25) is 0 Å². The van der Waals surface area contributed by atoms with E-state index in [9.17, 15) is 15.2 Å². The molecule has 0 radical (unpaired) electrons. The van der Waals surface area contributed by atoms with Gasteiger partial charge in [-0.1, -0.05) is 42.0 Å². The summed E-state index contributed by atoms with van der Waals surface area (Å²) in [6.45, 7) is 1.98. The van der Waals surface area contributed by atoms with E-state index in [1.165, 1.54) is 10.7 Å². The average molecular weight is 303 g/mol. The van der Waals surface area contributed by atoms with Gasteiger partial charge in [0.15, 0.2) is 5.69 Å². The van der Waals surface area contributed by atoms with Crippen molar-refractivity contribution in [3.05, 3.63) is 71.4 Å². The van der Waals surface area contributed by atoms with Crippen LogP contribution in [0.1, 0.15) is 21.6 Å². The van der Waals surface area contributed by atoms with Crippen LogP contribution in [0, 0.1) is 18.3 Å². The average Bonchev–Trinajstić information content (AvgIpc) is 3.01. The molecule has 5 nitrogen and oxygen atoms in total. The van der Waals surface area contributed by atoms with Crippen LogP contribution in [-0.2, 0) is 0 Å². The quantitative estimate of drug-likeness (QED) is 0.804. The summed E-state index contributed by atoms with van der Waals surface area (Å²) in [5, 5.41) is 23.1. The molecule has 2 aromatic carbocycles. The molecule has 0 amide bonds. The number of rotatable bonds is 3. The zero-order valence-electron chi connectivity index (χ0n) is 12.4. The van der Waals surface area contributed by atoms with E-state index in [0.717, 1.165) is 11.1 Å². The van der Waals surface area contributed by atoms with Crippen molar-refractivity contribution in [3.63, 3.8) is 0 Å². The maximum absolute atomic E-state index is 11.5. The molecule has 5 heteroatoms. The first-order valence-corrected chi connectivity index (χ1v) is 7.00. The lowest BCUT2D eigenvalue weighted by molar-refractivity contribution is 0.0687. The first kappa shape index (κ1) is 14.5. The van der Waals surface area contributed by atoms with Crippen LogP contribution in [-0.4, -0.2) is 20.9 Å². The Morgan fingerprint density at radius 2 is 1.87 bits per heavy atom. The molecule has 0 spiro atoms. The maximum Gasteiger partial charge on any atom is 0.354 e. The second-order valence-electron chi connectivity index (χ2n) is 5.13. The Morgan fingerprint density at radius 3 is 2.52 bits per heavy atom. The normalized spacial score (nSPS) is 10.3. The second-order valence-corrected chi connectivity index (χ2v) is 5.13. The van der Waals surface area contributed by atoms with Crippen molar-refractivity contribution in [2.45, 2.75) is 6.92 Å². The summed E-state index contributed by atoms with van der Waals surface area (Å²) in [5.41, 5.74) is 3.32. The van der Waals surface area contributed by atoms with E-state index in [0.29, 0.717) is 16.9 Å². The van der Waals surface area contributed by atoms with E-state index in [1.807, 2.05) is 31.2 Å². The zero-order chi connectivity index (χ0) is 16.4. The number of carbonyl (C=O) groups is 1. The van der Waals surface area contributed by atoms with Gasteiger partial charge < -0.3 is 5.11 Å². The van der Waals surface area contributed by atoms with Gasteiger partial charge in [0.2, 0.25) is 0 Å². The fourth-order valence-electron chi connectivity index (χ4n) is 2.34. The van der Waals surface area contributed by atoms with Crippen molar-refractivity contribution in [2.24, 2.45) is 0 Å². The van der Waals surface area contributed by atoms with Crippen LogP contribution in [0.5, 0.6) is 0 Å². The van der Waals surface area contributed by atoms with E-state index in [4.69, 9.17) is 0 Å². The molecule has 0 aliphatic heterocycles. The Balaban J connectivity index is 2.19.